The smallest absolute Gasteiger partial charge is 0.370 e. The van der Waals surface area contributed by atoms with Crippen LogP contribution < -0.4 is 16.0 Å². The molecule has 1 aliphatic rings. The largest absolute Gasteiger partial charge is 0.373 e. The Morgan fingerprint density at radius 3 is 1.76 bits per heavy atom. The number of imidazole rings is 2. The maximum Gasteiger partial charge on any atom is 0.370 e. The molecule has 178 valence electrons. The summed E-state index contributed by atoms with van der Waals surface area (Å²) in [5, 5.41) is 0. The first-order valence-electron chi connectivity index (χ1n) is 12.8. The van der Waals surface area contributed by atoms with Crippen molar-refractivity contribution in [3.8, 4) is 11.6 Å². The number of rotatable bonds is 2. The minimum absolute atomic E-state index is 0.194. The second kappa shape index (κ2) is 8.22. The normalized spacial score (nSPS) is 12.6. The van der Waals surface area contributed by atoms with Crippen molar-refractivity contribution in [2.75, 3.05) is 4.81 Å². The molecule has 0 aliphatic carbocycles. The second-order valence-corrected chi connectivity index (χ2v) is 9.54. The van der Waals surface area contributed by atoms with E-state index in [9.17, 15) is 0 Å². The third-order valence-corrected chi connectivity index (χ3v) is 7.36. The lowest BCUT2D eigenvalue weighted by Gasteiger charge is -2.35. The summed E-state index contributed by atoms with van der Waals surface area (Å²) >= 11 is 0. The number of nitrogens with zero attached hydrogens (tertiary/aromatic N) is 5. The first-order valence-corrected chi connectivity index (χ1v) is 12.8. The second-order valence-electron chi connectivity index (χ2n) is 9.54. The average Bonchev–Trinajstić information content (AvgIpc) is 3.54. The number of aromatic nitrogens is 4. The van der Waals surface area contributed by atoms with Gasteiger partial charge in [-0.3, -0.25) is 9.13 Å². The minimum atomic E-state index is -0.194. The highest BCUT2D eigenvalue weighted by Gasteiger charge is 2.39. The van der Waals surface area contributed by atoms with Crippen molar-refractivity contribution in [2.45, 2.75) is 0 Å². The van der Waals surface area contributed by atoms with Crippen LogP contribution in [0, 0.1) is 0 Å². The molecule has 0 unspecified atom stereocenters. The van der Waals surface area contributed by atoms with Gasteiger partial charge in [-0.05, 0) is 54.0 Å². The van der Waals surface area contributed by atoms with Gasteiger partial charge < -0.3 is 4.81 Å². The van der Waals surface area contributed by atoms with Gasteiger partial charge in [-0.15, -0.1) is 0 Å². The third kappa shape index (κ3) is 3.00. The Kier molecular flexibility index (Phi) is 4.55. The zero-order valence-electron chi connectivity index (χ0n) is 20.5. The molecule has 1 aliphatic heterocycles. The molecule has 0 N–H and O–H groups in total. The van der Waals surface area contributed by atoms with E-state index in [1.165, 1.54) is 0 Å². The van der Waals surface area contributed by atoms with Gasteiger partial charge in [-0.1, -0.05) is 84.9 Å². The van der Waals surface area contributed by atoms with Crippen LogP contribution in [-0.4, -0.2) is 25.9 Å². The molecule has 38 heavy (non-hydrogen) atoms. The highest BCUT2D eigenvalue weighted by atomic mass is 15.3. The molecule has 5 aromatic carbocycles. The SMILES string of the molecule is c1ccc(B2c3nc4ccccc4n3-c3nc4ccccc4n3-c3ccccc3N2c2ccccc2)cc1. The summed E-state index contributed by atoms with van der Waals surface area (Å²) in [6.07, 6.45) is 0. The lowest BCUT2D eigenvalue weighted by Crippen LogP contribution is -2.59. The van der Waals surface area contributed by atoms with Crippen molar-refractivity contribution >= 4 is 51.5 Å². The lowest BCUT2D eigenvalue weighted by molar-refractivity contribution is 0.934. The van der Waals surface area contributed by atoms with Gasteiger partial charge in [0.15, 0.2) is 0 Å². The van der Waals surface area contributed by atoms with Gasteiger partial charge in [0.2, 0.25) is 5.95 Å². The van der Waals surface area contributed by atoms with Gasteiger partial charge in [0.25, 0.3) is 0 Å². The summed E-state index contributed by atoms with van der Waals surface area (Å²) in [5.74, 6) is 0.844. The van der Waals surface area contributed by atoms with E-state index >= 15 is 0 Å². The highest BCUT2D eigenvalue weighted by Crippen LogP contribution is 2.37. The third-order valence-electron chi connectivity index (χ3n) is 7.36. The number of benzene rings is 5. The van der Waals surface area contributed by atoms with Gasteiger partial charge >= 0.3 is 6.85 Å². The molecule has 0 bridgehead atoms. The topological polar surface area (TPSA) is 38.9 Å². The summed E-state index contributed by atoms with van der Waals surface area (Å²) < 4.78 is 4.53. The van der Waals surface area contributed by atoms with E-state index in [1.54, 1.807) is 0 Å². The van der Waals surface area contributed by atoms with E-state index in [2.05, 4.69) is 135 Å². The number of anilines is 2. The maximum absolute atomic E-state index is 5.30. The van der Waals surface area contributed by atoms with Crippen LogP contribution in [0.25, 0.3) is 33.7 Å². The number of fused-ring (bicyclic) bond motifs is 9. The van der Waals surface area contributed by atoms with E-state index in [-0.39, 0.29) is 6.85 Å². The van der Waals surface area contributed by atoms with Gasteiger partial charge in [0, 0.05) is 5.69 Å². The molecule has 8 rings (SSSR count). The molecule has 5 nitrogen and oxygen atoms in total. The van der Waals surface area contributed by atoms with Crippen molar-refractivity contribution in [2.24, 2.45) is 0 Å². The molecular formula is C32H22BN5. The standard InChI is InChI=1S/C32H22BN5/c1-3-13-23(14-4-1)33-31-34-25-17-7-10-20-28(25)37(31)32-35-26-18-8-9-19-27(26)36(32)29-21-11-12-22-30(29)38(33)24-15-5-2-6-16-24/h1-22H. The summed E-state index contributed by atoms with van der Waals surface area (Å²) in [6, 6.07) is 46.6. The lowest BCUT2D eigenvalue weighted by atomic mass is 9.52. The summed E-state index contributed by atoms with van der Waals surface area (Å²) in [4.78, 5) is 12.9. The van der Waals surface area contributed by atoms with Gasteiger partial charge in [-0.2, -0.15) is 0 Å². The Morgan fingerprint density at radius 2 is 1.03 bits per heavy atom. The minimum Gasteiger partial charge on any atom is -0.373 e. The van der Waals surface area contributed by atoms with Gasteiger partial charge in [-0.25, -0.2) is 9.97 Å². The van der Waals surface area contributed by atoms with E-state index in [0.717, 1.165) is 56.3 Å². The molecule has 0 saturated heterocycles. The predicted molar refractivity (Wildman–Crippen MR) is 156 cm³/mol. The van der Waals surface area contributed by atoms with Crippen LogP contribution in [0.4, 0.5) is 11.4 Å². The van der Waals surface area contributed by atoms with Crippen molar-refractivity contribution in [1.29, 1.82) is 0 Å². The van der Waals surface area contributed by atoms with E-state index in [0.29, 0.717) is 0 Å². The van der Waals surface area contributed by atoms with Crippen LogP contribution in [0.15, 0.2) is 133 Å². The zero-order valence-corrected chi connectivity index (χ0v) is 20.5. The number of para-hydroxylation sites is 7. The monoisotopic (exact) mass is 487 g/mol. The van der Waals surface area contributed by atoms with Crippen LogP contribution in [-0.2, 0) is 0 Å². The fourth-order valence-electron chi connectivity index (χ4n) is 5.76. The average molecular weight is 487 g/mol. The first kappa shape index (κ1) is 21.0. The predicted octanol–water partition coefficient (Wildman–Crippen LogP) is 5.62. The molecule has 0 saturated carbocycles. The van der Waals surface area contributed by atoms with Crippen molar-refractivity contribution in [3.63, 3.8) is 0 Å². The molecule has 0 fully saturated rings. The molecule has 0 atom stereocenters. The Hall–Kier alpha value is -5.10. The molecule has 3 heterocycles. The Morgan fingerprint density at radius 1 is 0.474 bits per heavy atom. The quantitative estimate of drug-likeness (QED) is 0.297. The number of hydrogen-bond donors (Lipinski definition) is 0. The Labute approximate surface area is 220 Å². The maximum atomic E-state index is 5.30. The molecule has 6 heteroatoms. The van der Waals surface area contributed by atoms with Crippen LogP contribution in [0.1, 0.15) is 0 Å². The van der Waals surface area contributed by atoms with E-state index in [4.69, 9.17) is 9.97 Å². The molecule has 0 amide bonds. The van der Waals surface area contributed by atoms with E-state index < -0.39 is 0 Å². The molecular weight excluding hydrogens is 465 g/mol. The summed E-state index contributed by atoms with van der Waals surface area (Å²) in [7, 11) is 0. The molecule has 2 aromatic heterocycles. The van der Waals surface area contributed by atoms with Crippen LogP contribution in [0.3, 0.4) is 0 Å². The van der Waals surface area contributed by atoms with Crippen LogP contribution >= 0.6 is 0 Å². The van der Waals surface area contributed by atoms with Gasteiger partial charge in [0.1, 0.15) is 5.72 Å². The summed E-state index contributed by atoms with van der Waals surface area (Å²) in [6.45, 7) is -0.194. The van der Waals surface area contributed by atoms with Gasteiger partial charge in [0.05, 0.1) is 33.4 Å². The molecule has 0 spiro atoms. The first-order chi connectivity index (χ1) is 18.9. The van der Waals surface area contributed by atoms with Crippen molar-refractivity contribution in [1.82, 2.24) is 19.1 Å². The highest BCUT2D eigenvalue weighted by molar-refractivity contribution is 6.88. The van der Waals surface area contributed by atoms with Crippen molar-refractivity contribution in [3.05, 3.63) is 133 Å². The molecule has 0 radical (unpaired) electrons. The Balaban J connectivity index is 1.60. The van der Waals surface area contributed by atoms with Crippen LogP contribution in [0.2, 0.25) is 0 Å². The molecule has 7 aromatic rings. The van der Waals surface area contributed by atoms with Crippen LogP contribution in [0.5, 0.6) is 0 Å². The zero-order chi connectivity index (χ0) is 25.1. The van der Waals surface area contributed by atoms with Crippen molar-refractivity contribution < 1.29 is 0 Å². The Bertz CT molecular complexity index is 1940. The van der Waals surface area contributed by atoms with E-state index in [1.807, 2.05) is 12.1 Å². The fraction of sp³-hybridized carbons (Fsp3) is 0. The number of hydrogen-bond acceptors (Lipinski definition) is 3. The fourth-order valence-corrected chi connectivity index (χ4v) is 5.76. The summed E-state index contributed by atoms with van der Waals surface area (Å²) in [5.41, 5.74) is 9.34.